The van der Waals surface area contributed by atoms with Gasteiger partial charge in [-0.3, -0.25) is 5.26 Å². The Labute approximate surface area is 51.7 Å². The minimum Gasteiger partial charge on any atom is -0.450 e. The topological polar surface area (TPSA) is 87.0 Å². The van der Waals surface area contributed by atoms with Crippen molar-refractivity contribution >= 4 is 6.16 Å². The van der Waals surface area contributed by atoms with E-state index in [2.05, 4.69) is 11.5 Å². The van der Waals surface area contributed by atoms with E-state index in [-0.39, 0.29) is 6.61 Å². The van der Waals surface area contributed by atoms with Gasteiger partial charge in [0.25, 0.3) is 0 Å². The van der Waals surface area contributed by atoms with Crippen LogP contribution < -0.4 is 0 Å². The lowest BCUT2D eigenvalue weighted by atomic mass is 10.7. The molecule has 9 heavy (non-hydrogen) atoms. The average molecular weight is 136 g/mol. The molecule has 0 radical (unpaired) electrons. The Hall–Kier alpha value is -1.07. The van der Waals surface area contributed by atoms with Crippen molar-refractivity contribution in [3.8, 4) is 0 Å². The maximum atomic E-state index is 8.56. The maximum absolute atomic E-state index is 8.56. The van der Waals surface area contributed by atoms with Gasteiger partial charge in [-0.15, -0.1) is 6.58 Å². The molecule has 0 fully saturated rings. The van der Waals surface area contributed by atoms with Gasteiger partial charge in [-0.05, 0) is 0 Å². The fraction of sp³-hybridized carbons (Fsp3) is 0.250. The molecule has 0 spiro atoms. The molecule has 0 rings (SSSR count). The Kier molecular flexibility index (Phi) is 12.1. The Morgan fingerprint density at radius 2 is 2.00 bits per heavy atom. The summed E-state index contributed by atoms with van der Waals surface area (Å²) in [4.78, 5) is 12.1. The molecule has 54 valence electrons. The summed E-state index contributed by atoms with van der Waals surface area (Å²) in [6, 6.07) is 0. The second kappa shape index (κ2) is 10.0. The third-order valence-corrected chi connectivity index (χ3v) is 0.192. The summed E-state index contributed by atoms with van der Waals surface area (Å²) >= 11 is 0. The van der Waals surface area contributed by atoms with Gasteiger partial charge in [-0.2, -0.15) is 0 Å². The fourth-order valence-electron chi connectivity index (χ4n) is 0.0527. The van der Waals surface area contributed by atoms with Gasteiger partial charge in [-0.25, -0.2) is 9.68 Å². The highest BCUT2D eigenvalue weighted by Gasteiger charge is 1.70. The first-order chi connectivity index (χ1) is 4.15. The van der Waals surface area contributed by atoms with Crippen molar-refractivity contribution in [2.45, 2.75) is 0 Å². The molecule has 0 aliphatic rings. The number of hydrogen-bond donors (Lipinski definition) is 3. The zero-order chi connectivity index (χ0) is 7.70. The van der Waals surface area contributed by atoms with Crippen LogP contribution in [0, 0.1) is 0 Å². The molecule has 0 heterocycles. The van der Waals surface area contributed by atoms with Crippen molar-refractivity contribution in [1.29, 1.82) is 0 Å². The molecule has 0 aromatic carbocycles. The van der Waals surface area contributed by atoms with E-state index >= 15 is 0 Å². The second-order valence-corrected chi connectivity index (χ2v) is 0.867. The summed E-state index contributed by atoms with van der Waals surface area (Å²) < 4.78 is 0. The molecular weight excluding hydrogens is 128 g/mol. The Morgan fingerprint density at radius 1 is 1.67 bits per heavy atom. The Balaban J connectivity index is 0. The standard InChI is InChI=1S/C3H6O2.CH2O3/c1-2-3-5-4;2-1(3)4/h2,4H,1,3H2;(H2,2,3,4). The summed E-state index contributed by atoms with van der Waals surface area (Å²) in [5, 5.41) is 21.4. The van der Waals surface area contributed by atoms with E-state index < -0.39 is 6.16 Å². The average Bonchev–Trinajstić information content (AvgIpc) is 1.66. The van der Waals surface area contributed by atoms with Crippen LogP contribution in [-0.2, 0) is 4.89 Å². The molecule has 0 aliphatic carbocycles. The van der Waals surface area contributed by atoms with E-state index in [1.165, 1.54) is 6.08 Å². The van der Waals surface area contributed by atoms with Crippen molar-refractivity contribution in [2.75, 3.05) is 6.61 Å². The first-order valence-electron chi connectivity index (χ1n) is 1.94. The van der Waals surface area contributed by atoms with E-state index in [0.717, 1.165) is 0 Å². The van der Waals surface area contributed by atoms with Crippen LogP contribution in [0.25, 0.3) is 0 Å². The van der Waals surface area contributed by atoms with E-state index in [1.54, 1.807) is 0 Å². The minimum absolute atomic E-state index is 0.208. The molecule has 0 aromatic rings. The third-order valence-electron chi connectivity index (χ3n) is 0.192. The first-order valence-corrected chi connectivity index (χ1v) is 1.94. The van der Waals surface area contributed by atoms with Crippen LogP contribution in [0.2, 0.25) is 0 Å². The molecule has 0 unspecified atom stereocenters. The van der Waals surface area contributed by atoms with E-state index in [1.807, 2.05) is 0 Å². The van der Waals surface area contributed by atoms with Crippen molar-refractivity contribution < 1.29 is 25.2 Å². The SMILES string of the molecule is C=CCOO.O=C(O)O. The smallest absolute Gasteiger partial charge is 0.450 e. The second-order valence-electron chi connectivity index (χ2n) is 0.867. The molecule has 0 bridgehead atoms. The molecule has 0 atom stereocenters. The largest absolute Gasteiger partial charge is 0.503 e. The highest BCUT2D eigenvalue weighted by Crippen LogP contribution is 1.60. The Morgan fingerprint density at radius 3 is 2.00 bits per heavy atom. The summed E-state index contributed by atoms with van der Waals surface area (Å²) in [6.07, 6.45) is -0.375. The molecule has 5 heteroatoms. The van der Waals surface area contributed by atoms with Gasteiger partial charge in [-0.1, -0.05) is 6.08 Å². The summed E-state index contributed by atoms with van der Waals surface area (Å²) in [5.74, 6) is 0. The van der Waals surface area contributed by atoms with Gasteiger partial charge in [0.05, 0.1) is 6.61 Å². The number of rotatable bonds is 2. The van der Waals surface area contributed by atoms with Crippen molar-refractivity contribution in [3.63, 3.8) is 0 Å². The molecule has 0 saturated heterocycles. The minimum atomic E-state index is -1.83. The van der Waals surface area contributed by atoms with Crippen LogP contribution in [-0.4, -0.2) is 28.2 Å². The van der Waals surface area contributed by atoms with Crippen LogP contribution in [0.1, 0.15) is 0 Å². The first kappa shape index (κ1) is 10.8. The molecular formula is C4H8O5. The highest BCUT2D eigenvalue weighted by atomic mass is 17.1. The molecule has 0 amide bonds. The number of carbonyl (C=O) groups is 1. The molecule has 0 aliphatic heterocycles. The summed E-state index contributed by atoms with van der Waals surface area (Å²) in [5.41, 5.74) is 0. The van der Waals surface area contributed by atoms with Crippen molar-refractivity contribution in [2.24, 2.45) is 0 Å². The fourth-order valence-corrected chi connectivity index (χ4v) is 0.0527. The lowest BCUT2D eigenvalue weighted by molar-refractivity contribution is -0.231. The van der Waals surface area contributed by atoms with Gasteiger partial charge in [0, 0.05) is 0 Å². The predicted molar refractivity (Wildman–Crippen MR) is 29.4 cm³/mol. The lowest BCUT2D eigenvalue weighted by Gasteiger charge is -1.76. The summed E-state index contributed by atoms with van der Waals surface area (Å²) in [6.45, 7) is 3.47. The predicted octanol–water partition coefficient (Wildman–Crippen LogP) is 0.884. The maximum Gasteiger partial charge on any atom is 0.503 e. The normalized spacial score (nSPS) is 6.78. The highest BCUT2D eigenvalue weighted by molar-refractivity contribution is 5.53. The van der Waals surface area contributed by atoms with Gasteiger partial charge < -0.3 is 10.2 Å². The van der Waals surface area contributed by atoms with Crippen LogP contribution in [0.5, 0.6) is 0 Å². The van der Waals surface area contributed by atoms with Crippen LogP contribution in [0.3, 0.4) is 0 Å². The molecule has 0 saturated carbocycles. The zero-order valence-corrected chi connectivity index (χ0v) is 4.65. The van der Waals surface area contributed by atoms with Gasteiger partial charge in [0.15, 0.2) is 0 Å². The lowest BCUT2D eigenvalue weighted by Crippen LogP contribution is -1.81. The molecule has 3 N–H and O–H groups in total. The van der Waals surface area contributed by atoms with Crippen LogP contribution in [0.4, 0.5) is 4.79 Å². The van der Waals surface area contributed by atoms with Gasteiger partial charge in [0.1, 0.15) is 0 Å². The third kappa shape index (κ3) is 195. The van der Waals surface area contributed by atoms with Gasteiger partial charge >= 0.3 is 6.16 Å². The zero-order valence-electron chi connectivity index (χ0n) is 4.65. The van der Waals surface area contributed by atoms with Crippen molar-refractivity contribution in [3.05, 3.63) is 12.7 Å². The van der Waals surface area contributed by atoms with E-state index in [4.69, 9.17) is 20.3 Å². The van der Waals surface area contributed by atoms with Crippen LogP contribution in [0.15, 0.2) is 12.7 Å². The number of carboxylic acid groups (broad SMARTS) is 2. The van der Waals surface area contributed by atoms with Gasteiger partial charge in [0.2, 0.25) is 0 Å². The number of hydrogen-bond acceptors (Lipinski definition) is 3. The monoisotopic (exact) mass is 136 g/mol. The summed E-state index contributed by atoms with van der Waals surface area (Å²) in [7, 11) is 0. The molecule has 0 aromatic heterocycles. The van der Waals surface area contributed by atoms with E-state index in [9.17, 15) is 0 Å². The van der Waals surface area contributed by atoms with Crippen LogP contribution >= 0.6 is 0 Å². The Bertz CT molecular complexity index is 75.0. The quantitative estimate of drug-likeness (QED) is 0.298. The van der Waals surface area contributed by atoms with Crippen molar-refractivity contribution in [1.82, 2.24) is 0 Å². The molecule has 5 nitrogen and oxygen atoms in total. The van der Waals surface area contributed by atoms with E-state index in [0.29, 0.717) is 0 Å².